The SMILES string of the molecule is CCCCn1c(N)c(N(C(=O)CN(C)CC(=O)N(CC)CC)C2CCCC2)c(=O)[nH]c1=O. The maximum atomic E-state index is 13.4. The topological polar surface area (TPSA) is 125 Å². The lowest BCUT2D eigenvalue weighted by Gasteiger charge is -2.31. The highest BCUT2D eigenvalue weighted by Gasteiger charge is 2.33. The molecule has 0 radical (unpaired) electrons. The molecule has 10 heteroatoms. The molecule has 3 N–H and O–H groups in total. The Morgan fingerprint density at radius 1 is 1.06 bits per heavy atom. The molecule has 1 aromatic rings. The van der Waals surface area contributed by atoms with Crippen LogP contribution in [0.5, 0.6) is 0 Å². The predicted molar refractivity (Wildman–Crippen MR) is 126 cm³/mol. The molecule has 1 heterocycles. The number of carbonyl (C=O) groups is 2. The van der Waals surface area contributed by atoms with Crippen LogP contribution in [0.4, 0.5) is 11.5 Å². The van der Waals surface area contributed by atoms with Crippen LogP contribution in [0.25, 0.3) is 0 Å². The molecule has 180 valence electrons. The molecule has 0 atom stereocenters. The Hall–Kier alpha value is -2.62. The fourth-order valence-electron chi connectivity index (χ4n) is 4.29. The van der Waals surface area contributed by atoms with Crippen LogP contribution in [0.15, 0.2) is 9.59 Å². The lowest BCUT2D eigenvalue weighted by molar-refractivity contribution is -0.132. The Balaban J connectivity index is 2.35. The van der Waals surface area contributed by atoms with Gasteiger partial charge < -0.3 is 15.5 Å². The van der Waals surface area contributed by atoms with Crippen molar-refractivity contribution in [1.29, 1.82) is 0 Å². The van der Waals surface area contributed by atoms with Crippen LogP contribution in [0.3, 0.4) is 0 Å². The molecule has 0 bridgehead atoms. The predicted octanol–water partition coefficient (Wildman–Crippen LogP) is 0.995. The first-order valence-corrected chi connectivity index (χ1v) is 11.7. The molecule has 1 fully saturated rings. The summed E-state index contributed by atoms with van der Waals surface area (Å²) in [4.78, 5) is 58.1. The van der Waals surface area contributed by atoms with Crippen molar-refractivity contribution in [3.8, 4) is 0 Å². The summed E-state index contributed by atoms with van der Waals surface area (Å²) in [5, 5.41) is 0. The smallest absolute Gasteiger partial charge is 0.330 e. The number of aromatic amines is 1. The summed E-state index contributed by atoms with van der Waals surface area (Å²) in [6.45, 7) is 7.48. The number of nitrogens with zero attached hydrogens (tertiary/aromatic N) is 4. The third-order valence-corrected chi connectivity index (χ3v) is 6.08. The normalized spacial score (nSPS) is 14.2. The van der Waals surface area contributed by atoms with Gasteiger partial charge in [0.15, 0.2) is 5.69 Å². The minimum Gasteiger partial charge on any atom is -0.383 e. The van der Waals surface area contributed by atoms with Crippen molar-refractivity contribution >= 4 is 23.3 Å². The minimum absolute atomic E-state index is 0.0225. The number of nitrogens with one attached hydrogen (secondary N) is 1. The van der Waals surface area contributed by atoms with E-state index in [0.717, 1.165) is 38.5 Å². The van der Waals surface area contributed by atoms with E-state index in [1.54, 1.807) is 16.8 Å². The van der Waals surface area contributed by atoms with Crippen molar-refractivity contribution < 1.29 is 9.59 Å². The fraction of sp³-hybridized carbons (Fsp3) is 0.727. The average molecular weight is 451 g/mol. The summed E-state index contributed by atoms with van der Waals surface area (Å²) in [5.41, 5.74) is 5.12. The maximum Gasteiger partial charge on any atom is 0.330 e. The number of unbranched alkanes of at least 4 members (excludes halogenated alkanes) is 1. The molecule has 1 saturated carbocycles. The van der Waals surface area contributed by atoms with Crippen LogP contribution in [0.2, 0.25) is 0 Å². The lowest BCUT2D eigenvalue weighted by Crippen LogP contribution is -2.49. The number of H-pyrrole nitrogens is 1. The third-order valence-electron chi connectivity index (χ3n) is 6.08. The second kappa shape index (κ2) is 11.8. The molecular weight excluding hydrogens is 412 g/mol. The Kier molecular flexibility index (Phi) is 9.49. The van der Waals surface area contributed by atoms with Gasteiger partial charge in [-0.1, -0.05) is 26.2 Å². The highest BCUT2D eigenvalue weighted by molar-refractivity contribution is 5.97. The molecule has 2 rings (SSSR count). The molecule has 0 saturated heterocycles. The zero-order chi connectivity index (χ0) is 23.8. The van der Waals surface area contributed by atoms with Gasteiger partial charge in [0.2, 0.25) is 11.8 Å². The summed E-state index contributed by atoms with van der Waals surface area (Å²) in [5.74, 6) is -0.331. The molecule has 0 aliphatic heterocycles. The van der Waals surface area contributed by atoms with Gasteiger partial charge >= 0.3 is 5.69 Å². The van der Waals surface area contributed by atoms with Gasteiger partial charge in [-0.05, 0) is 40.2 Å². The first kappa shape index (κ1) is 25.6. The number of likely N-dealkylation sites (N-methyl/N-ethyl adjacent to an activating group) is 2. The number of hydrogen-bond acceptors (Lipinski definition) is 6. The second-order valence-electron chi connectivity index (χ2n) is 8.44. The molecule has 1 aliphatic carbocycles. The first-order chi connectivity index (χ1) is 15.2. The van der Waals surface area contributed by atoms with Crippen molar-refractivity contribution in [2.45, 2.75) is 71.9 Å². The van der Waals surface area contributed by atoms with E-state index in [0.29, 0.717) is 19.6 Å². The third kappa shape index (κ3) is 5.99. The average Bonchev–Trinajstić information content (AvgIpc) is 3.25. The van der Waals surface area contributed by atoms with Gasteiger partial charge in [-0.25, -0.2) is 4.79 Å². The van der Waals surface area contributed by atoms with Crippen LogP contribution in [0, 0.1) is 0 Å². The van der Waals surface area contributed by atoms with E-state index < -0.39 is 11.2 Å². The van der Waals surface area contributed by atoms with Gasteiger partial charge in [0.25, 0.3) is 5.56 Å². The highest BCUT2D eigenvalue weighted by atomic mass is 16.2. The van der Waals surface area contributed by atoms with Gasteiger partial charge in [-0.2, -0.15) is 0 Å². The van der Waals surface area contributed by atoms with Crippen LogP contribution in [0.1, 0.15) is 59.3 Å². The van der Waals surface area contributed by atoms with Crippen molar-refractivity contribution in [1.82, 2.24) is 19.4 Å². The van der Waals surface area contributed by atoms with E-state index in [1.165, 1.54) is 9.47 Å². The quantitative estimate of drug-likeness (QED) is 0.518. The van der Waals surface area contributed by atoms with Crippen LogP contribution < -0.4 is 21.9 Å². The lowest BCUT2D eigenvalue weighted by atomic mass is 10.1. The van der Waals surface area contributed by atoms with Crippen molar-refractivity contribution in [3.63, 3.8) is 0 Å². The van der Waals surface area contributed by atoms with E-state index in [1.807, 2.05) is 20.8 Å². The zero-order valence-electron chi connectivity index (χ0n) is 19.9. The first-order valence-electron chi connectivity index (χ1n) is 11.7. The standard InChI is InChI=1S/C22H38N6O4/c1-5-8-13-27-20(23)19(21(31)24-22(27)32)28(16-11-9-10-12-16)18(30)15-25(4)14-17(29)26(6-2)7-3/h16H,5-15,23H2,1-4H3,(H,24,31,32). The van der Waals surface area contributed by atoms with E-state index in [4.69, 9.17) is 5.73 Å². The largest absolute Gasteiger partial charge is 0.383 e. The summed E-state index contributed by atoms with van der Waals surface area (Å²) >= 11 is 0. The molecule has 0 aromatic carbocycles. The van der Waals surface area contributed by atoms with E-state index in [-0.39, 0.29) is 42.5 Å². The molecule has 32 heavy (non-hydrogen) atoms. The van der Waals surface area contributed by atoms with Crippen molar-refractivity contribution in [3.05, 3.63) is 20.8 Å². The molecule has 0 spiro atoms. The van der Waals surface area contributed by atoms with Gasteiger partial charge in [0.05, 0.1) is 13.1 Å². The monoisotopic (exact) mass is 450 g/mol. The van der Waals surface area contributed by atoms with Gasteiger partial charge in [0.1, 0.15) is 5.82 Å². The number of aromatic nitrogens is 2. The Bertz CT molecular complexity index is 899. The molecule has 10 nitrogen and oxygen atoms in total. The number of nitrogens with two attached hydrogens (primary N) is 1. The zero-order valence-corrected chi connectivity index (χ0v) is 19.9. The number of amides is 2. The van der Waals surface area contributed by atoms with E-state index >= 15 is 0 Å². The summed E-state index contributed by atoms with van der Waals surface area (Å²) < 4.78 is 1.34. The molecule has 1 aliphatic rings. The van der Waals surface area contributed by atoms with Crippen LogP contribution in [-0.2, 0) is 16.1 Å². The minimum atomic E-state index is -0.651. The molecule has 0 unspecified atom stereocenters. The number of hydrogen-bond donors (Lipinski definition) is 2. The molecular formula is C22H38N6O4. The number of carbonyl (C=O) groups excluding carboxylic acids is 2. The van der Waals surface area contributed by atoms with E-state index in [2.05, 4.69) is 4.98 Å². The maximum absolute atomic E-state index is 13.4. The fourth-order valence-corrected chi connectivity index (χ4v) is 4.29. The van der Waals surface area contributed by atoms with E-state index in [9.17, 15) is 19.2 Å². The number of nitrogen functional groups attached to an aromatic ring is 1. The van der Waals surface area contributed by atoms with Crippen LogP contribution in [-0.4, -0.2) is 70.4 Å². The van der Waals surface area contributed by atoms with Gasteiger partial charge in [-0.3, -0.25) is 28.8 Å². The Labute approximate surface area is 189 Å². The van der Waals surface area contributed by atoms with Crippen LogP contribution >= 0.6 is 0 Å². The van der Waals surface area contributed by atoms with Gasteiger partial charge in [0, 0.05) is 25.7 Å². The summed E-state index contributed by atoms with van der Waals surface area (Å²) in [7, 11) is 1.71. The Morgan fingerprint density at radius 2 is 1.66 bits per heavy atom. The highest BCUT2D eigenvalue weighted by Crippen LogP contribution is 2.29. The van der Waals surface area contributed by atoms with Crippen molar-refractivity contribution in [2.24, 2.45) is 0 Å². The number of rotatable bonds is 11. The second-order valence-corrected chi connectivity index (χ2v) is 8.44. The summed E-state index contributed by atoms with van der Waals surface area (Å²) in [6.07, 6.45) is 5.03. The Morgan fingerprint density at radius 3 is 2.22 bits per heavy atom. The summed E-state index contributed by atoms with van der Waals surface area (Å²) in [6, 6.07) is -0.157. The molecule has 2 amide bonds. The number of anilines is 2. The van der Waals surface area contributed by atoms with Crippen molar-refractivity contribution in [2.75, 3.05) is 43.9 Å². The molecule has 1 aromatic heterocycles. The van der Waals surface area contributed by atoms with Gasteiger partial charge in [-0.15, -0.1) is 0 Å².